The van der Waals surface area contributed by atoms with E-state index in [9.17, 15) is 9.59 Å². The van der Waals surface area contributed by atoms with Crippen molar-refractivity contribution in [3.05, 3.63) is 35.4 Å². The van der Waals surface area contributed by atoms with Gasteiger partial charge in [-0.15, -0.1) is 0 Å². The minimum atomic E-state index is -1.38. The van der Waals surface area contributed by atoms with Crippen molar-refractivity contribution in [2.24, 2.45) is 10.2 Å². The summed E-state index contributed by atoms with van der Waals surface area (Å²) in [6, 6.07) is 6.72. The quantitative estimate of drug-likeness (QED) is 0.288. The number of carbonyl (C=O) groups is 2. The number of benzene rings is 2. The minimum Gasteiger partial charge on any atom is -0.494 e. The predicted octanol–water partition coefficient (Wildman–Crippen LogP) is 5.61. The molecule has 2 rings (SSSR count). The fourth-order valence-electron chi connectivity index (χ4n) is 2.93. The van der Waals surface area contributed by atoms with Crippen LogP contribution in [0.3, 0.4) is 0 Å². The predicted molar refractivity (Wildman–Crippen MR) is 130 cm³/mol. The number of rotatable bonds is 13. The molecule has 0 saturated carbocycles. The van der Waals surface area contributed by atoms with E-state index in [-0.39, 0.29) is 10.7 Å². The van der Waals surface area contributed by atoms with Gasteiger partial charge in [-0.2, -0.15) is 10.2 Å². The van der Waals surface area contributed by atoms with Crippen LogP contribution in [0.25, 0.3) is 0 Å². The zero-order valence-corrected chi connectivity index (χ0v) is 20.8. The van der Waals surface area contributed by atoms with Gasteiger partial charge >= 0.3 is 0 Å². The Bertz CT molecular complexity index is 1000. The maximum absolute atomic E-state index is 12.9. The number of carbonyl (C=O) groups excluding carboxylic acids is 2. The van der Waals surface area contributed by atoms with E-state index in [1.54, 1.807) is 30.3 Å². The second-order valence-corrected chi connectivity index (χ2v) is 7.30. The highest BCUT2D eigenvalue weighted by molar-refractivity contribution is 6.34. The molecule has 0 spiro atoms. The maximum Gasteiger partial charge on any atom is 0.258 e. The van der Waals surface area contributed by atoms with Crippen LogP contribution in [0.5, 0.6) is 23.0 Å². The summed E-state index contributed by atoms with van der Waals surface area (Å²) in [7, 11) is 0. The van der Waals surface area contributed by atoms with Crippen LogP contribution in [-0.4, -0.2) is 44.2 Å². The van der Waals surface area contributed by atoms with Gasteiger partial charge in [-0.1, -0.05) is 11.6 Å². The van der Waals surface area contributed by atoms with Crippen LogP contribution in [0, 0.1) is 0 Å². The Morgan fingerprint density at radius 2 is 1.38 bits per heavy atom. The molecule has 0 fully saturated rings. The lowest BCUT2D eigenvalue weighted by molar-refractivity contribution is -0.126. The molecule has 0 heterocycles. The molecular formula is C24H30ClN3O6. The molecule has 1 unspecified atom stereocenters. The largest absolute Gasteiger partial charge is 0.494 e. The van der Waals surface area contributed by atoms with E-state index < -0.39 is 17.7 Å². The first-order chi connectivity index (χ1) is 16.3. The summed E-state index contributed by atoms with van der Waals surface area (Å²) in [5, 5.41) is 10.9. The molecule has 0 aliphatic carbocycles. The van der Waals surface area contributed by atoms with Gasteiger partial charge in [0.1, 0.15) is 11.5 Å². The minimum absolute atomic E-state index is 0.227. The molecule has 1 atom stereocenters. The van der Waals surface area contributed by atoms with Crippen LogP contribution < -0.4 is 24.3 Å². The number of halogens is 1. The first-order valence-electron chi connectivity index (χ1n) is 11.0. The summed E-state index contributed by atoms with van der Waals surface area (Å²) >= 11 is 6.32. The van der Waals surface area contributed by atoms with Gasteiger partial charge in [-0.3, -0.25) is 9.59 Å². The Morgan fingerprint density at radius 3 is 1.88 bits per heavy atom. The Hall–Kier alpha value is -3.33. The lowest BCUT2D eigenvalue weighted by Crippen LogP contribution is -2.32. The summed E-state index contributed by atoms with van der Waals surface area (Å²) < 4.78 is 22.1. The van der Waals surface area contributed by atoms with E-state index in [4.69, 9.17) is 30.5 Å². The Morgan fingerprint density at radius 1 is 0.853 bits per heavy atom. The van der Waals surface area contributed by atoms with E-state index in [1.165, 1.54) is 6.92 Å². The fraction of sp³-hybridized carbons (Fsp3) is 0.417. The third kappa shape index (κ3) is 7.62. The topological polar surface area (TPSA) is 108 Å². The summed E-state index contributed by atoms with van der Waals surface area (Å²) in [5.74, 6) is 0.775. The van der Waals surface area contributed by atoms with E-state index in [0.29, 0.717) is 55.1 Å². The Kier molecular flexibility index (Phi) is 10.6. The number of hydrogen-bond acceptors (Lipinski definition) is 8. The Balaban J connectivity index is 2.29. The number of nitrogens with zero attached hydrogens (tertiary/aromatic N) is 2. The number of ketones is 1. The molecule has 10 heteroatoms. The number of Topliss-reactive ketones (excluding diaryl/α,β-unsaturated/α-hetero) is 1. The molecule has 1 N–H and O–H groups in total. The molecule has 2 aromatic rings. The molecule has 9 nitrogen and oxygen atoms in total. The monoisotopic (exact) mass is 491 g/mol. The first-order valence-corrected chi connectivity index (χ1v) is 11.4. The third-order valence-electron chi connectivity index (χ3n) is 4.30. The van der Waals surface area contributed by atoms with Crippen molar-refractivity contribution in [3.8, 4) is 23.0 Å². The van der Waals surface area contributed by atoms with Crippen LogP contribution >= 0.6 is 11.6 Å². The highest BCUT2D eigenvalue weighted by atomic mass is 35.5. The molecule has 0 radical (unpaired) electrons. The maximum atomic E-state index is 12.9. The average molecular weight is 492 g/mol. The second kappa shape index (κ2) is 13.4. The zero-order valence-electron chi connectivity index (χ0n) is 20.0. The Labute approximate surface area is 204 Å². The molecule has 0 bridgehead atoms. The number of hydrogen-bond donors (Lipinski definition) is 1. The lowest BCUT2D eigenvalue weighted by atomic mass is 10.2. The SMILES string of the molecule is CCOc1cc(N=NC(C(C)=O)C(=O)Nc2cc(OCC)c(OCC)cc2Cl)cc(OCC)c1. The summed E-state index contributed by atoms with van der Waals surface area (Å²) in [6.45, 7) is 10.4. The number of nitrogens with one attached hydrogen (secondary N) is 1. The van der Waals surface area contributed by atoms with Crippen molar-refractivity contribution in [3.63, 3.8) is 0 Å². The zero-order chi connectivity index (χ0) is 25.1. The van der Waals surface area contributed by atoms with Gasteiger partial charge in [0.25, 0.3) is 5.91 Å². The van der Waals surface area contributed by atoms with Crippen LogP contribution in [0.2, 0.25) is 5.02 Å². The van der Waals surface area contributed by atoms with E-state index in [0.717, 1.165) is 0 Å². The molecule has 2 aromatic carbocycles. The molecule has 1 amide bonds. The van der Waals surface area contributed by atoms with Gasteiger partial charge in [-0.05, 0) is 34.6 Å². The van der Waals surface area contributed by atoms with Crippen molar-refractivity contribution in [1.29, 1.82) is 0 Å². The number of ether oxygens (including phenoxy) is 4. The van der Waals surface area contributed by atoms with Gasteiger partial charge in [0.2, 0.25) is 6.04 Å². The summed E-state index contributed by atoms with van der Waals surface area (Å²) in [4.78, 5) is 25.1. The van der Waals surface area contributed by atoms with Crippen molar-refractivity contribution in [2.45, 2.75) is 40.7 Å². The van der Waals surface area contributed by atoms with Crippen molar-refractivity contribution in [1.82, 2.24) is 0 Å². The second-order valence-electron chi connectivity index (χ2n) is 6.89. The first kappa shape index (κ1) is 26.9. The van der Waals surface area contributed by atoms with E-state index in [2.05, 4.69) is 15.5 Å². The van der Waals surface area contributed by atoms with Crippen LogP contribution in [-0.2, 0) is 9.59 Å². The lowest BCUT2D eigenvalue weighted by Gasteiger charge is -2.15. The average Bonchev–Trinajstić information content (AvgIpc) is 2.77. The van der Waals surface area contributed by atoms with Gasteiger partial charge < -0.3 is 24.3 Å². The summed E-state index contributed by atoms with van der Waals surface area (Å²) in [5.41, 5.74) is 0.642. The number of amides is 1. The van der Waals surface area contributed by atoms with Crippen molar-refractivity contribution < 1.29 is 28.5 Å². The van der Waals surface area contributed by atoms with Gasteiger partial charge in [0, 0.05) is 30.3 Å². The number of azo groups is 1. The van der Waals surface area contributed by atoms with Crippen molar-refractivity contribution in [2.75, 3.05) is 31.7 Å². The fourth-order valence-corrected chi connectivity index (χ4v) is 3.13. The highest BCUT2D eigenvalue weighted by Gasteiger charge is 2.25. The van der Waals surface area contributed by atoms with Gasteiger partial charge in [0.15, 0.2) is 17.3 Å². The molecule has 0 aliphatic rings. The molecule has 0 saturated heterocycles. The van der Waals surface area contributed by atoms with Gasteiger partial charge in [-0.25, -0.2) is 0 Å². The van der Waals surface area contributed by atoms with Crippen LogP contribution in [0.1, 0.15) is 34.6 Å². The summed E-state index contributed by atoms with van der Waals surface area (Å²) in [6.07, 6.45) is 0. The van der Waals surface area contributed by atoms with Crippen molar-refractivity contribution >= 4 is 34.7 Å². The third-order valence-corrected chi connectivity index (χ3v) is 4.61. The molecule has 0 aromatic heterocycles. The molecule has 184 valence electrons. The van der Waals surface area contributed by atoms with Gasteiger partial charge in [0.05, 0.1) is 42.8 Å². The normalized spacial score (nSPS) is 11.7. The standard InChI is InChI=1S/C24H30ClN3O6/c1-6-31-17-10-16(11-18(12-17)32-7-2)27-28-23(15(5)29)24(30)26-20-14-22(34-9-4)21(33-8-3)13-19(20)25/h10-14,23H,6-9H2,1-5H3,(H,26,30). The molecule has 34 heavy (non-hydrogen) atoms. The highest BCUT2D eigenvalue weighted by Crippen LogP contribution is 2.37. The van der Waals surface area contributed by atoms with E-state index in [1.807, 2.05) is 27.7 Å². The smallest absolute Gasteiger partial charge is 0.258 e. The molecule has 0 aliphatic heterocycles. The van der Waals surface area contributed by atoms with Crippen LogP contribution in [0.15, 0.2) is 40.6 Å². The van der Waals surface area contributed by atoms with Crippen LogP contribution in [0.4, 0.5) is 11.4 Å². The number of anilines is 1. The van der Waals surface area contributed by atoms with E-state index >= 15 is 0 Å². The molecular weight excluding hydrogens is 462 g/mol.